The highest BCUT2D eigenvalue weighted by atomic mass is 19.1. The van der Waals surface area contributed by atoms with Gasteiger partial charge in [0, 0.05) is 18.5 Å². The van der Waals surface area contributed by atoms with Crippen LogP contribution in [-0.2, 0) is 11.2 Å². The predicted molar refractivity (Wildman–Crippen MR) is 94.8 cm³/mol. The molecule has 1 saturated heterocycles. The summed E-state index contributed by atoms with van der Waals surface area (Å²) in [5, 5.41) is 9.93. The summed E-state index contributed by atoms with van der Waals surface area (Å²) in [6.45, 7) is 0.608. The fourth-order valence-electron chi connectivity index (χ4n) is 3.18. The second-order valence-corrected chi connectivity index (χ2v) is 6.41. The summed E-state index contributed by atoms with van der Waals surface area (Å²) in [5.74, 6) is 0.178. The van der Waals surface area contributed by atoms with E-state index in [0.29, 0.717) is 23.4 Å². The number of halogens is 1. The van der Waals surface area contributed by atoms with Gasteiger partial charge in [0.25, 0.3) is 5.91 Å². The van der Waals surface area contributed by atoms with Gasteiger partial charge in [0.2, 0.25) is 0 Å². The van der Waals surface area contributed by atoms with Gasteiger partial charge in [-0.25, -0.2) is 4.39 Å². The number of carbonyl (C=O) groups excluding carboxylic acids is 1. The summed E-state index contributed by atoms with van der Waals surface area (Å²) in [5.41, 5.74) is -0.0199. The number of benzene rings is 2. The molecule has 138 valence electrons. The van der Waals surface area contributed by atoms with Crippen molar-refractivity contribution < 1.29 is 23.8 Å². The Labute approximate surface area is 152 Å². The molecule has 2 aromatic rings. The van der Waals surface area contributed by atoms with Gasteiger partial charge in [-0.3, -0.25) is 4.79 Å². The average molecular weight is 359 g/mol. The van der Waals surface area contributed by atoms with E-state index in [-0.39, 0.29) is 37.9 Å². The highest BCUT2D eigenvalue weighted by Gasteiger charge is 2.39. The summed E-state index contributed by atoms with van der Waals surface area (Å²) >= 11 is 0. The second-order valence-electron chi connectivity index (χ2n) is 6.41. The first-order valence-electron chi connectivity index (χ1n) is 8.48. The van der Waals surface area contributed by atoms with Gasteiger partial charge in [0.1, 0.15) is 17.2 Å². The van der Waals surface area contributed by atoms with E-state index < -0.39 is 5.60 Å². The molecule has 1 atom stereocenters. The van der Waals surface area contributed by atoms with Gasteiger partial charge in [-0.15, -0.1) is 0 Å². The molecular weight excluding hydrogens is 337 g/mol. The van der Waals surface area contributed by atoms with Crippen LogP contribution < -0.4 is 4.74 Å². The Morgan fingerprint density at radius 2 is 2.00 bits per heavy atom. The molecule has 26 heavy (non-hydrogen) atoms. The topological polar surface area (TPSA) is 59.0 Å². The Morgan fingerprint density at radius 3 is 2.65 bits per heavy atom. The molecule has 3 rings (SSSR count). The zero-order valence-corrected chi connectivity index (χ0v) is 14.7. The van der Waals surface area contributed by atoms with Gasteiger partial charge in [-0.2, -0.15) is 0 Å². The molecule has 0 saturated carbocycles. The van der Waals surface area contributed by atoms with Crippen molar-refractivity contribution >= 4 is 5.91 Å². The lowest BCUT2D eigenvalue weighted by Crippen LogP contribution is -2.56. The molecule has 1 aliphatic rings. The van der Waals surface area contributed by atoms with Crippen LogP contribution in [-0.4, -0.2) is 54.9 Å². The summed E-state index contributed by atoms with van der Waals surface area (Å²) in [7, 11) is 1.57. The molecule has 1 heterocycles. The van der Waals surface area contributed by atoms with E-state index in [1.807, 2.05) is 0 Å². The molecule has 0 unspecified atom stereocenters. The van der Waals surface area contributed by atoms with E-state index in [2.05, 4.69) is 0 Å². The van der Waals surface area contributed by atoms with Crippen LogP contribution in [0.5, 0.6) is 5.75 Å². The first kappa shape index (κ1) is 18.4. The van der Waals surface area contributed by atoms with Crippen molar-refractivity contribution in [2.45, 2.75) is 12.0 Å². The molecule has 6 heteroatoms. The minimum atomic E-state index is -1.01. The molecule has 0 aromatic heterocycles. The number of hydrogen-bond donors (Lipinski definition) is 1. The monoisotopic (exact) mass is 359 g/mol. The van der Waals surface area contributed by atoms with Crippen molar-refractivity contribution in [3.8, 4) is 5.75 Å². The molecule has 5 nitrogen and oxygen atoms in total. The van der Waals surface area contributed by atoms with Gasteiger partial charge in [0.15, 0.2) is 0 Å². The van der Waals surface area contributed by atoms with E-state index in [1.165, 1.54) is 6.07 Å². The molecule has 1 N–H and O–H groups in total. The van der Waals surface area contributed by atoms with E-state index in [9.17, 15) is 14.3 Å². The zero-order valence-electron chi connectivity index (χ0n) is 14.7. The summed E-state index contributed by atoms with van der Waals surface area (Å²) < 4.78 is 24.9. The summed E-state index contributed by atoms with van der Waals surface area (Å²) in [6, 6.07) is 13.3. The molecule has 0 radical (unpaired) electrons. The largest absolute Gasteiger partial charge is 0.497 e. The standard InChI is InChI=1S/C20H22FNO4/c1-25-17-8-6-15(7-9-17)19(24)22-10-11-26-20(13-22,14-23)12-16-4-2-3-5-18(16)21/h2-9,23H,10-14H2,1H3/t20-/m0/s1. The van der Waals surface area contributed by atoms with Crippen LogP contribution in [0.2, 0.25) is 0 Å². The number of aliphatic hydroxyl groups is 1. The Balaban J connectivity index is 1.77. The van der Waals surface area contributed by atoms with Crippen molar-refractivity contribution in [2.24, 2.45) is 0 Å². The number of aliphatic hydroxyl groups excluding tert-OH is 1. The summed E-state index contributed by atoms with van der Waals surface area (Å²) in [4.78, 5) is 14.4. The third-order valence-electron chi connectivity index (χ3n) is 4.63. The van der Waals surface area contributed by atoms with E-state index in [4.69, 9.17) is 9.47 Å². The van der Waals surface area contributed by atoms with Gasteiger partial charge in [-0.1, -0.05) is 18.2 Å². The fraction of sp³-hybridized carbons (Fsp3) is 0.350. The first-order chi connectivity index (χ1) is 12.6. The molecule has 1 amide bonds. The van der Waals surface area contributed by atoms with Crippen LogP contribution in [0.3, 0.4) is 0 Å². The van der Waals surface area contributed by atoms with Crippen LogP contribution in [0.4, 0.5) is 4.39 Å². The lowest BCUT2D eigenvalue weighted by Gasteiger charge is -2.42. The average Bonchev–Trinajstić information content (AvgIpc) is 2.69. The number of amides is 1. The number of ether oxygens (including phenoxy) is 2. The normalized spacial score (nSPS) is 20.0. The van der Waals surface area contributed by atoms with Gasteiger partial charge in [-0.05, 0) is 35.9 Å². The van der Waals surface area contributed by atoms with Crippen LogP contribution in [0.25, 0.3) is 0 Å². The molecule has 0 bridgehead atoms. The minimum absolute atomic E-state index is 0.151. The van der Waals surface area contributed by atoms with Crippen LogP contribution in [0.1, 0.15) is 15.9 Å². The summed E-state index contributed by atoms with van der Waals surface area (Å²) in [6.07, 6.45) is 0.197. The molecule has 1 fully saturated rings. The quantitative estimate of drug-likeness (QED) is 0.890. The maximum absolute atomic E-state index is 14.0. The van der Waals surface area contributed by atoms with E-state index in [0.717, 1.165) is 0 Å². The van der Waals surface area contributed by atoms with Gasteiger partial charge in [0.05, 0.1) is 26.9 Å². The number of carbonyl (C=O) groups is 1. The van der Waals surface area contributed by atoms with Gasteiger partial charge < -0.3 is 19.5 Å². The van der Waals surface area contributed by atoms with Crippen LogP contribution >= 0.6 is 0 Å². The predicted octanol–water partition coefficient (Wildman–Crippen LogP) is 2.28. The highest BCUT2D eigenvalue weighted by Crippen LogP contribution is 2.25. The van der Waals surface area contributed by atoms with E-state index in [1.54, 1.807) is 54.5 Å². The minimum Gasteiger partial charge on any atom is -0.497 e. The molecule has 1 aliphatic heterocycles. The third-order valence-corrected chi connectivity index (χ3v) is 4.63. The van der Waals surface area contributed by atoms with Crippen molar-refractivity contribution in [1.82, 2.24) is 4.90 Å². The Hall–Kier alpha value is -2.44. The number of morpholine rings is 1. The highest BCUT2D eigenvalue weighted by molar-refractivity contribution is 5.94. The first-order valence-corrected chi connectivity index (χ1v) is 8.48. The lowest BCUT2D eigenvalue weighted by atomic mass is 9.92. The van der Waals surface area contributed by atoms with Crippen molar-refractivity contribution in [2.75, 3.05) is 33.4 Å². The molecule has 0 spiro atoms. The lowest BCUT2D eigenvalue weighted by molar-refractivity contribution is -0.123. The van der Waals surface area contributed by atoms with Crippen molar-refractivity contribution in [1.29, 1.82) is 0 Å². The maximum Gasteiger partial charge on any atom is 0.254 e. The Kier molecular flexibility index (Phi) is 5.54. The van der Waals surface area contributed by atoms with Crippen LogP contribution in [0.15, 0.2) is 48.5 Å². The number of methoxy groups -OCH3 is 1. The van der Waals surface area contributed by atoms with E-state index >= 15 is 0 Å². The second kappa shape index (κ2) is 7.85. The zero-order chi connectivity index (χ0) is 18.6. The number of rotatable bonds is 5. The third kappa shape index (κ3) is 3.86. The Bertz CT molecular complexity index is 765. The molecule has 0 aliphatic carbocycles. The number of nitrogens with zero attached hydrogens (tertiary/aromatic N) is 1. The smallest absolute Gasteiger partial charge is 0.254 e. The molecule has 2 aromatic carbocycles. The van der Waals surface area contributed by atoms with Gasteiger partial charge >= 0.3 is 0 Å². The SMILES string of the molecule is COc1ccc(C(=O)N2CCO[C@@](CO)(Cc3ccccc3F)C2)cc1. The molecular formula is C20H22FNO4. The van der Waals surface area contributed by atoms with Crippen LogP contribution in [0, 0.1) is 5.82 Å². The van der Waals surface area contributed by atoms with Crippen molar-refractivity contribution in [3.63, 3.8) is 0 Å². The maximum atomic E-state index is 14.0. The van der Waals surface area contributed by atoms with Crippen molar-refractivity contribution in [3.05, 3.63) is 65.5 Å². The fourth-order valence-corrected chi connectivity index (χ4v) is 3.18. The number of hydrogen-bond acceptors (Lipinski definition) is 4. The Morgan fingerprint density at radius 1 is 1.27 bits per heavy atom.